The third-order valence-electron chi connectivity index (χ3n) is 3.11. The zero-order valence-corrected chi connectivity index (χ0v) is 10.1. The molecule has 2 nitrogen and oxygen atoms in total. The summed E-state index contributed by atoms with van der Waals surface area (Å²) in [5.74, 6) is 1.26. The molecule has 0 aromatic heterocycles. The van der Waals surface area contributed by atoms with Crippen LogP contribution in [0.15, 0.2) is 0 Å². The normalized spacial score (nSPS) is 29.1. The van der Waals surface area contributed by atoms with Gasteiger partial charge in [0.2, 0.25) is 0 Å². The molecule has 14 heavy (non-hydrogen) atoms. The fraction of sp³-hybridized carbons (Fsp3) is 0.917. The van der Waals surface area contributed by atoms with E-state index in [1.165, 1.54) is 0 Å². The van der Waals surface area contributed by atoms with Crippen LogP contribution >= 0.6 is 0 Å². The van der Waals surface area contributed by atoms with Crippen LogP contribution in [0.25, 0.3) is 0 Å². The third-order valence-corrected chi connectivity index (χ3v) is 3.11. The van der Waals surface area contributed by atoms with Crippen molar-refractivity contribution in [1.29, 1.82) is 0 Å². The SMILES string of the molecule is CC(C)C(=O)[C@@H]1C[C@@H](C)CN1C(C)C. The highest BCUT2D eigenvalue weighted by atomic mass is 16.1. The van der Waals surface area contributed by atoms with Crippen molar-refractivity contribution in [3.8, 4) is 0 Å². The maximum Gasteiger partial charge on any atom is 0.152 e. The first-order valence-electron chi connectivity index (χ1n) is 5.73. The zero-order valence-electron chi connectivity index (χ0n) is 10.1. The second kappa shape index (κ2) is 4.43. The molecule has 2 atom stereocenters. The van der Waals surface area contributed by atoms with Gasteiger partial charge in [0.25, 0.3) is 0 Å². The molecular formula is C12H23NO. The number of hydrogen-bond acceptors (Lipinski definition) is 2. The molecular weight excluding hydrogens is 174 g/mol. The maximum atomic E-state index is 12.0. The van der Waals surface area contributed by atoms with Crippen LogP contribution in [0.1, 0.15) is 41.0 Å². The quantitative estimate of drug-likeness (QED) is 0.692. The van der Waals surface area contributed by atoms with Crippen LogP contribution in [0.2, 0.25) is 0 Å². The molecule has 0 radical (unpaired) electrons. The largest absolute Gasteiger partial charge is 0.298 e. The van der Waals surface area contributed by atoms with E-state index in [4.69, 9.17) is 0 Å². The van der Waals surface area contributed by atoms with Gasteiger partial charge in [-0.15, -0.1) is 0 Å². The van der Waals surface area contributed by atoms with Crippen molar-refractivity contribution in [2.24, 2.45) is 11.8 Å². The lowest BCUT2D eigenvalue weighted by Gasteiger charge is -2.28. The summed E-state index contributed by atoms with van der Waals surface area (Å²) < 4.78 is 0. The minimum absolute atomic E-state index is 0.173. The molecule has 0 N–H and O–H groups in total. The summed E-state index contributed by atoms with van der Waals surface area (Å²) in [5.41, 5.74) is 0. The Bertz CT molecular complexity index is 210. The fourth-order valence-corrected chi connectivity index (χ4v) is 2.31. The van der Waals surface area contributed by atoms with E-state index in [0.717, 1.165) is 13.0 Å². The number of carbonyl (C=O) groups excluding carboxylic acids is 1. The van der Waals surface area contributed by atoms with Crippen LogP contribution in [0, 0.1) is 11.8 Å². The van der Waals surface area contributed by atoms with Crippen molar-refractivity contribution in [1.82, 2.24) is 4.90 Å². The van der Waals surface area contributed by atoms with E-state index in [1.54, 1.807) is 0 Å². The molecule has 1 heterocycles. The monoisotopic (exact) mass is 197 g/mol. The molecule has 1 aliphatic heterocycles. The van der Waals surface area contributed by atoms with Crippen LogP contribution in [-0.2, 0) is 4.79 Å². The molecule has 82 valence electrons. The number of Topliss-reactive ketones (excluding diaryl/α,β-unsaturated/α-hetero) is 1. The molecule has 0 bridgehead atoms. The van der Waals surface area contributed by atoms with Gasteiger partial charge < -0.3 is 0 Å². The van der Waals surface area contributed by atoms with E-state index < -0.39 is 0 Å². The molecule has 0 amide bonds. The van der Waals surface area contributed by atoms with E-state index >= 15 is 0 Å². The molecule has 0 aliphatic carbocycles. The van der Waals surface area contributed by atoms with Gasteiger partial charge in [-0.2, -0.15) is 0 Å². The van der Waals surface area contributed by atoms with Gasteiger partial charge in [-0.05, 0) is 26.2 Å². The minimum atomic E-state index is 0.173. The lowest BCUT2D eigenvalue weighted by molar-refractivity contribution is -0.126. The van der Waals surface area contributed by atoms with Gasteiger partial charge in [0.1, 0.15) is 0 Å². The fourth-order valence-electron chi connectivity index (χ4n) is 2.31. The topological polar surface area (TPSA) is 20.3 Å². The molecule has 0 aromatic carbocycles. The molecule has 0 saturated carbocycles. The Labute approximate surface area is 87.7 Å². The first kappa shape index (κ1) is 11.7. The van der Waals surface area contributed by atoms with E-state index in [1.807, 2.05) is 13.8 Å². The Balaban J connectivity index is 2.71. The number of ketones is 1. The van der Waals surface area contributed by atoms with Gasteiger partial charge >= 0.3 is 0 Å². The highest BCUT2D eigenvalue weighted by Gasteiger charge is 2.36. The predicted molar refractivity (Wildman–Crippen MR) is 59.3 cm³/mol. The molecule has 1 fully saturated rings. The second-order valence-electron chi connectivity index (χ2n) is 5.20. The summed E-state index contributed by atoms with van der Waals surface area (Å²) in [6.07, 6.45) is 1.05. The highest BCUT2D eigenvalue weighted by molar-refractivity contribution is 5.86. The minimum Gasteiger partial charge on any atom is -0.298 e. The third kappa shape index (κ3) is 2.35. The maximum absolute atomic E-state index is 12.0. The zero-order chi connectivity index (χ0) is 10.9. The van der Waals surface area contributed by atoms with E-state index in [-0.39, 0.29) is 12.0 Å². The Morgan fingerprint density at radius 2 is 1.86 bits per heavy atom. The standard InChI is InChI=1S/C12H23NO/c1-8(2)12(14)11-6-10(5)7-13(11)9(3)4/h8-11H,6-7H2,1-5H3/t10-,11+/m1/s1. The summed E-state index contributed by atoms with van der Waals surface area (Å²) in [5, 5.41) is 0. The first-order chi connectivity index (χ1) is 6.43. The van der Waals surface area contributed by atoms with E-state index in [9.17, 15) is 4.79 Å². The van der Waals surface area contributed by atoms with Crippen LogP contribution in [0.5, 0.6) is 0 Å². The van der Waals surface area contributed by atoms with Gasteiger partial charge in [0, 0.05) is 18.5 Å². The van der Waals surface area contributed by atoms with Gasteiger partial charge in [0.05, 0.1) is 6.04 Å². The van der Waals surface area contributed by atoms with E-state index in [2.05, 4.69) is 25.7 Å². The predicted octanol–water partition coefficient (Wildman–Crippen LogP) is 2.33. The van der Waals surface area contributed by atoms with Gasteiger partial charge in [-0.25, -0.2) is 0 Å². The molecule has 1 saturated heterocycles. The smallest absolute Gasteiger partial charge is 0.152 e. The van der Waals surface area contributed by atoms with Crippen molar-refractivity contribution in [3.05, 3.63) is 0 Å². The van der Waals surface area contributed by atoms with Crippen LogP contribution in [0.3, 0.4) is 0 Å². The number of hydrogen-bond donors (Lipinski definition) is 0. The summed E-state index contributed by atoms with van der Waals surface area (Å²) in [6, 6.07) is 0.678. The molecule has 0 unspecified atom stereocenters. The second-order valence-corrected chi connectivity index (χ2v) is 5.20. The van der Waals surface area contributed by atoms with Gasteiger partial charge in [-0.1, -0.05) is 20.8 Å². The lowest BCUT2D eigenvalue weighted by Crippen LogP contribution is -2.42. The lowest BCUT2D eigenvalue weighted by atomic mass is 9.97. The summed E-state index contributed by atoms with van der Waals surface area (Å²) in [4.78, 5) is 14.3. The Morgan fingerprint density at radius 3 is 2.29 bits per heavy atom. The number of carbonyl (C=O) groups is 1. The van der Waals surface area contributed by atoms with Gasteiger partial charge in [-0.3, -0.25) is 9.69 Å². The Kier molecular flexibility index (Phi) is 3.71. The number of nitrogens with zero attached hydrogens (tertiary/aromatic N) is 1. The van der Waals surface area contributed by atoms with Crippen LogP contribution in [0.4, 0.5) is 0 Å². The summed E-state index contributed by atoms with van der Waals surface area (Å²) >= 11 is 0. The van der Waals surface area contributed by atoms with Crippen molar-refractivity contribution >= 4 is 5.78 Å². The average Bonchev–Trinajstić information content (AvgIpc) is 2.45. The van der Waals surface area contributed by atoms with Crippen molar-refractivity contribution in [2.45, 2.75) is 53.1 Å². The highest BCUT2D eigenvalue weighted by Crippen LogP contribution is 2.27. The van der Waals surface area contributed by atoms with Crippen molar-refractivity contribution in [3.63, 3.8) is 0 Å². The molecule has 2 heteroatoms. The molecule has 1 rings (SSSR count). The van der Waals surface area contributed by atoms with Crippen molar-refractivity contribution in [2.75, 3.05) is 6.54 Å². The van der Waals surface area contributed by atoms with Crippen LogP contribution < -0.4 is 0 Å². The summed E-state index contributed by atoms with van der Waals surface area (Å²) in [7, 11) is 0. The van der Waals surface area contributed by atoms with Crippen LogP contribution in [-0.4, -0.2) is 29.3 Å². The Morgan fingerprint density at radius 1 is 1.29 bits per heavy atom. The van der Waals surface area contributed by atoms with Gasteiger partial charge in [0.15, 0.2) is 5.78 Å². The summed E-state index contributed by atoms with van der Waals surface area (Å²) in [6.45, 7) is 11.7. The molecule has 0 spiro atoms. The number of likely N-dealkylation sites (tertiary alicyclic amines) is 1. The first-order valence-corrected chi connectivity index (χ1v) is 5.73. The van der Waals surface area contributed by atoms with E-state index in [0.29, 0.717) is 17.7 Å². The molecule has 0 aromatic rings. The Hall–Kier alpha value is -0.370. The van der Waals surface area contributed by atoms with Crippen molar-refractivity contribution < 1.29 is 4.79 Å². The number of rotatable bonds is 3. The molecule has 1 aliphatic rings. The average molecular weight is 197 g/mol.